The molecule has 0 saturated heterocycles. The monoisotopic (exact) mass is 296 g/mol. The Bertz CT molecular complexity index is 713. The van der Waals surface area contributed by atoms with E-state index in [1.807, 2.05) is 6.92 Å². The van der Waals surface area contributed by atoms with Gasteiger partial charge < -0.3 is 0 Å². The quantitative estimate of drug-likeness (QED) is 0.850. The first-order valence-corrected chi connectivity index (χ1v) is 6.87. The summed E-state index contributed by atoms with van der Waals surface area (Å²) >= 11 is 7.16. The number of aromatic nitrogens is 4. The SMILES string of the molecule is CC1=CCC(C)=C1c1nnc(-n2ncc(F)c2Cl)s1. The molecule has 0 spiro atoms. The van der Waals surface area contributed by atoms with E-state index in [2.05, 4.69) is 28.3 Å². The van der Waals surface area contributed by atoms with E-state index in [1.54, 1.807) is 0 Å². The zero-order valence-electron chi connectivity index (χ0n) is 10.3. The van der Waals surface area contributed by atoms with Crippen LogP contribution in [0.4, 0.5) is 4.39 Å². The highest BCUT2D eigenvalue weighted by Gasteiger charge is 2.19. The van der Waals surface area contributed by atoms with E-state index < -0.39 is 5.82 Å². The van der Waals surface area contributed by atoms with Crippen molar-refractivity contribution in [3.05, 3.63) is 39.4 Å². The number of allylic oxidation sites excluding steroid dienone is 4. The molecule has 0 amide bonds. The van der Waals surface area contributed by atoms with Gasteiger partial charge in [-0.2, -0.15) is 9.78 Å². The normalized spacial score (nSPS) is 15.3. The molecule has 0 aromatic carbocycles. The van der Waals surface area contributed by atoms with Crippen LogP contribution >= 0.6 is 22.9 Å². The van der Waals surface area contributed by atoms with Gasteiger partial charge in [0.25, 0.3) is 0 Å². The molecule has 1 aliphatic rings. The van der Waals surface area contributed by atoms with Crippen LogP contribution in [0.1, 0.15) is 25.3 Å². The first-order chi connectivity index (χ1) is 9.08. The van der Waals surface area contributed by atoms with Crippen molar-refractivity contribution in [3.8, 4) is 5.13 Å². The fourth-order valence-electron chi connectivity index (χ4n) is 2.05. The lowest BCUT2D eigenvalue weighted by atomic mass is 10.1. The van der Waals surface area contributed by atoms with Crippen molar-refractivity contribution in [1.82, 2.24) is 20.0 Å². The molecule has 2 heterocycles. The van der Waals surface area contributed by atoms with Gasteiger partial charge in [-0.3, -0.25) is 0 Å². The minimum Gasteiger partial charge on any atom is -0.202 e. The van der Waals surface area contributed by atoms with Gasteiger partial charge in [0.15, 0.2) is 11.0 Å². The van der Waals surface area contributed by atoms with Gasteiger partial charge in [-0.05, 0) is 25.8 Å². The maximum atomic E-state index is 13.2. The van der Waals surface area contributed by atoms with Crippen LogP contribution in [-0.4, -0.2) is 20.0 Å². The lowest BCUT2D eigenvalue weighted by Gasteiger charge is -2.00. The lowest BCUT2D eigenvalue weighted by molar-refractivity contribution is 0.627. The highest BCUT2D eigenvalue weighted by atomic mass is 35.5. The van der Waals surface area contributed by atoms with Crippen molar-refractivity contribution < 1.29 is 4.39 Å². The molecule has 1 aliphatic carbocycles. The van der Waals surface area contributed by atoms with Crippen LogP contribution < -0.4 is 0 Å². The van der Waals surface area contributed by atoms with Crippen molar-refractivity contribution in [2.24, 2.45) is 0 Å². The Hall–Kier alpha value is -1.53. The Morgan fingerprint density at radius 3 is 2.74 bits per heavy atom. The Kier molecular flexibility index (Phi) is 2.99. The third-order valence-electron chi connectivity index (χ3n) is 3.01. The number of nitrogens with zero attached hydrogens (tertiary/aromatic N) is 4. The van der Waals surface area contributed by atoms with E-state index in [0.717, 1.165) is 23.2 Å². The minimum atomic E-state index is -0.564. The zero-order valence-corrected chi connectivity index (χ0v) is 11.9. The van der Waals surface area contributed by atoms with Gasteiger partial charge in [0.2, 0.25) is 5.13 Å². The summed E-state index contributed by atoms with van der Waals surface area (Å²) in [4.78, 5) is 0. The zero-order chi connectivity index (χ0) is 13.6. The fraction of sp³-hybridized carbons (Fsp3) is 0.250. The third-order valence-corrected chi connectivity index (χ3v) is 4.27. The van der Waals surface area contributed by atoms with E-state index in [1.165, 1.54) is 27.2 Å². The van der Waals surface area contributed by atoms with Crippen molar-refractivity contribution in [2.45, 2.75) is 20.3 Å². The van der Waals surface area contributed by atoms with Crippen LogP contribution in [0.5, 0.6) is 0 Å². The highest BCUT2D eigenvalue weighted by Crippen LogP contribution is 2.36. The largest absolute Gasteiger partial charge is 0.234 e. The first-order valence-electron chi connectivity index (χ1n) is 5.68. The van der Waals surface area contributed by atoms with Crippen LogP contribution in [-0.2, 0) is 0 Å². The number of rotatable bonds is 2. The topological polar surface area (TPSA) is 43.6 Å². The number of hydrogen-bond donors (Lipinski definition) is 0. The van der Waals surface area contributed by atoms with E-state index in [-0.39, 0.29) is 5.15 Å². The molecular weight excluding hydrogens is 287 g/mol. The maximum absolute atomic E-state index is 13.2. The molecule has 0 fully saturated rings. The lowest BCUT2D eigenvalue weighted by Crippen LogP contribution is -1.95. The second kappa shape index (κ2) is 4.54. The minimum absolute atomic E-state index is 0.0768. The molecule has 0 aliphatic heterocycles. The van der Waals surface area contributed by atoms with Gasteiger partial charge in [0, 0.05) is 5.57 Å². The van der Waals surface area contributed by atoms with Crippen molar-refractivity contribution in [2.75, 3.05) is 0 Å². The van der Waals surface area contributed by atoms with E-state index in [9.17, 15) is 4.39 Å². The number of halogens is 2. The molecule has 0 radical (unpaired) electrons. The maximum Gasteiger partial charge on any atom is 0.234 e. The molecule has 7 heteroatoms. The molecule has 0 bridgehead atoms. The molecule has 3 rings (SSSR count). The van der Waals surface area contributed by atoms with Crippen molar-refractivity contribution in [1.29, 1.82) is 0 Å². The van der Waals surface area contributed by atoms with E-state index >= 15 is 0 Å². The van der Waals surface area contributed by atoms with Gasteiger partial charge in [0.1, 0.15) is 5.01 Å². The molecule has 0 atom stereocenters. The van der Waals surface area contributed by atoms with E-state index in [0.29, 0.717) is 5.13 Å². The predicted octanol–water partition coefficient (Wildman–Crippen LogP) is 3.64. The fourth-order valence-corrected chi connectivity index (χ4v) is 3.27. The average Bonchev–Trinajstić information content (AvgIpc) is 3.03. The molecule has 0 N–H and O–H groups in total. The Labute approximate surface area is 118 Å². The Morgan fingerprint density at radius 2 is 2.16 bits per heavy atom. The molecule has 4 nitrogen and oxygen atoms in total. The van der Waals surface area contributed by atoms with Crippen LogP contribution in [0, 0.1) is 5.82 Å². The molecule has 19 heavy (non-hydrogen) atoms. The van der Waals surface area contributed by atoms with E-state index in [4.69, 9.17) is 11.6 Å². The molecule has 2 aromatic rings. The van der Waals surface area contributed by atoms with Crippen LogP contribution in [0.25, 0.3) is 10.7 Å². The summed E-state index contributed by atoms with van der Waals surface area (Å²) in [5, 5.41) is 13.2. The third kappa shape index (κ3) is 2.01. The predicted molar refractivity (Wildman–Crippen MR) is 73.0 cm³/mol. The highest BCUT2D eigenvalue weighted by molar-refractivity contribution is 7.14. The van der Waals surface area contributed by atoms with Crippen molar-refractivity contribution >= 4 is 28.5 Å². The smallest absolute Gasteiger partial charge is 0.202 e. The van der Waals surface area contributed by atoms with Gasteiger partial charge in [-0.15, -0.1) is 10.2 Å². The summed E-state index contributed by atoms with van der Waals surface area (Å²) in [5.74, 6) is -0.564. The molecule has 2 aromatic heterocycles. The second-order valence-electron chi connectivity index (χ2n) is 4.33. The molecule has 0 saturated carbocycles. The van der Waals surface area contributed by atoms with Gasteiger partial charge in [-0.25, -0.2) is 4.39 Å². The molecule has 0 unspecified atom stereocenters. The summed E-state index contributed by atoms with van der Waals surface area (Å²) < 4.78 is 14.4. The molecule has 98 valence electrons. The summed E-state index contributed by atoms with van der Waals surface area (Å²) in [6, 6.07) is 0. The summed E-state index contributed by atoms with van der Waals surface area (Å²) in [6.07, 6.45) is 4.16. The Balaban J connectivity index is 2.03. The Morgan fingerprint density at radius 1 is 1.37 bits per heavy atom. The molecular formula is C12H10ClFN4S. The standard InChI is InChI=1S/C12H10ClFN4S/c1-6-3-4-7(2)9(6)11-16-17-12(19-11)18-10(13)8(14)5-15-18/h3,5H,4H2,1-2H3. The second-order valence-corrected chi connectivity index (χ2v) is 5.65. The summed E-state index contributed by atoms with van der Waals surface area (Å²) in [7, 11) is 0. The first kappa shape index (κ1) is 12.5. The van der Waals surface area contributed by atoms with Crippen molar-refractivity contribution in [3.63, 3.8) is 0 Å². The average molecular weight is 297 g/mol. The number of hydrogen-bond acceptors (Lipinski definition) is 4. The van der Waals surface area contributed by atoms with Crippen LogP contribution in [0.2, 0.25) is 5.15 Å². The summed E-state index contributed by atoms with van der Waals surface area (Å²) in [5.41, 5.74) is 3.57. The van der Waals surface area contributed by atoms with Crippen LogP contribution in [0.3, 0.4) is 0 Å². The summed E-state index contributed by atoms with van der Waals surface area (Å²) in [6.45, 7) is 4.12. The van der Waals surface area contributed by atoms with Gasteiger partial charge >= 0.3 is 0 Å². The van der Waals surface area contributed by atoms with Crippen LogP contribution in [0.15, 0.2) is 23.4 Å². The van der Waals surface area contributed by atoms with Gasteiger partial charge in [-0.1, -0.05) is 34.6 Å². The van der Waals surface area contributed by atoms with Gasteiger partial charge in [0.05, 0.1) is 6.20 Å².